The first-order valence-electron chi connectivity index (χ1n) is 3.78. The van der Waals surface area contributed by atoms with Crippen molar-refractivity contribution in [1.82, 2.24) is 0 Å². The van der Waals surface area contributed by atoms with Crippen molar-refractivity contribution in [3.8, 4) is 5.75 Å². The first-order valence-corrected chi connectivity index (χ1v) is 4.41. The maximum Gasteiger partial charge on any atom is 0.335 e. The fourth-order valence-corrected chi connectivity index (χ4v) is 0.894. The highest BCUT2D eigenvalue weighted by molar-refractivity contribution is 7.81. The molecule has 1 N–H and O–H groups in total. The van der Waals surface area contributed by atoms with Gasteiger partial charge in [-0.2, -0.15) is 12.6 Å². The molecular formula is C9H8O4S. The molecular weight excluding hydrogens is 204 g/mol. The highest BCUT2D eigenvalue weighted by atomic mass is 32.1. The third kappa shape index (κ3) is 2.77. The molecule has 0 aliphatic rings. The number of ether oxygens (including phenoxy) is 1. The van der Waals surface area contributed by atoms with Gasteiger partial charge in [0.15, 0.2) is 0 Å². The Labute approximate surface area is 85.9 Å². The molecule has 1 aromatic rings. The van der Waals surface area contributed by atoms with E-state index in [0.29, 0.717) is 5.75 Å². The van der Waals surface area contributed by atoms with E-state index < -0.39 is 11.9 Å². The maximum atomic E-state index is 10.8. The minimum Gasteiger partial charge on any atom is -0.478 e. The predicted molar refractivity (Wildman–Crippen MR) is 52.9 cm³/mol. The Bertz CT molecular complexity index is 344. The lowest BCUT2D eigenvalue weighted by Gasteiger charge is -2.01. The summed E-state index contributed by atoms with van der Waals surface area (Å²) in [5.74, 6) is -1.19. The van der Waals surface area contributed by atoms with Crippen LogP contribution in [-0.4, -0.2) is 22.8 Å². The Hall–Kier alpha value is -1.49. The summed E-state index contributed by atoms with van der Waals surface area (Å²) < 4.78 is 4.79. The molecule has 0 saturated heterocycles. The van der Waals surface area contributed by atoms with Crippen molar-refractivity contribution in [1.29, 1.82) is 0 Å². The molecule has 0 amide bonds. The SMILES string of the molecule is O=C(CS)Oc1ccc(C(=O)O)cc1. The quantitative estimate of drug-likeness (QED) is 0.449. The highest BCUT2D eigenvalue weighted by Crippen LogP contribution is 2.12. The normalized spacial score (nSPS) is 9.50. The molecule has 4 nitrogen and oxygen atoms in total. The Morgan fingerprint density at radius 1 is 1.29 bits per heavy atom. The predicted octanol–water partition coefficient (Wildman–Crippen LogP) is 1.22. The van der Waals surface area contributed by atoms with Crippen LogP contribution in [0.15, 0.2) is 24.3 Å². The number of carbonyl (C=O) groups is 2. The molecule has 0 radical (unpaired) electrons. The van der Waals surface area contributed by atoms with Crippen LogP contribution < -0.4 is 4.74 Å². The van der Waals surface area contributed by atoms with E-state index in [1.165, 1.54) is 24.3 Å². The molecule has 0 aliphatic heterocycles. The van der Waals surface area contributed by atoms with Crippen molar-refractivity contribution in [2.75, 3.05) is 5.75 Å². The van der Waals surface area contributed by atoms with Gasteiger partial charge in [0, 0.05) is 0 Å². The molecule has 0 saturated carbocycles. The van der Waals surface area contributed by atoms with Crippen molar-refractivity contribution >= 4 is 24.6 Å². The first kappa shape index (κ1) is 10.6. The van der Waals surface area contributed by atoms with Gasteiger partial charge in [-0.1, -0.05) is 0 Å². The number of hydrogen-bond donors (Lipinski definition) is 2. The number of hydrogen-bond acceptors (Lipinski definition) is 4. The van der Waals surface area contributed by atoms with Gasteiger partial charge in [0.05, 0.1) is 11.3 Å². The molecule has 14 heavy (non-hydrogen) atoms. The second kappa shape index (κ2) is 4.66. The summed E-state index contributed by atoms with van der Waals surface area (Å²) in [6, 6.07) is 5.57. The van der Waals surface area contributed by atoms with E-state index >= 15 is 0 Å². The topological polar surface area (TPSA) is 63.6 Å². The van der Waals surface area contributed by atoms with E-state index in [-0.39, 0.29) is 11.3 Å². The smallest absolute Gasteiger partial charge is 0.335 e. The second-order valence-electron chi connectivity index (χ2n) is 2.46. The zero-order valence-electron chi connectivity index (χ0n) is 7.14. The number of esters is 1. The van der Waals surface area contributed by atoms with Crippen LogP contribution in [0.1, 0.15) is 10.4 Å². The van der Waals surface area contributed by atoms with Crippen LogP contribution in [0.2, 0.25) is 0 Å². The molecule has 0 spiro atoms. The average molecular weight is 212 g/mol. The fourth-order valence-electron chi connectivity index (χ4n) is 0.829. The molecule has 1 aromatic carbocycles. The summed E-state index contributed by atoms with van der Waals surface area (Å²) in [4.78, 5) is 21.3. The van der Waals surface area contributed by atoms with Gasteiger partial charge >= 0.3 is 11.9 Å². The molecule has 0 bridgehead atoms. The van der Waals surface area contributed by atoms with Crippen LogP contribution in [0.4, 0.5) is 0 Å². The lowest BCUT2D eigenvalue weighted by Crippen LogP contribution is -2.09. The van der Waals surface area contributed by atoms with Crippen LogP contribution in [0.3, 0.4) is 0 Å². The lowest BCUT2D eigenvalue weighted by molar-refractivity contribution is -0.131. The lowest BCUT2D eigenvalue weighted by atomic mass is 10.2. The first-order chi connectivity index (χ1) is 6.63. The van der Waals surface area contributed by atoms with E-state index in [1.54, 1.807) is 0 Å². The Kier molecular flexibility index (Phi) is 3.53. The van der Waals surface area contributed by atoms with Gasteiger partial charge in [-0.15, -0.1) is 0 Å². The van der Waals surface area contributed by atoms with Gasteiger partial charge in [-0.25, -0.2) is 4.79 Å². The number of carboxylic acid groups (broad SMARTS) is 1. The molecule has 0 aromatic heterocycles. The third-order valence-corrected chi connectivity index (χ3v) is 1.72. The van der Waals surface area contributed by atoms with Gasteiger partial charge in [0.25, 0.3) is 0 Å². The number of rotatable bonds is 3. The largest absolute Gasteiger partial charge is 0.478 e. The Balaban J connectivity index is 2.73. The number of carboxylic acids is 1. The third-order valence-electron chi connectivity index (χ3n) is 1.46. The molecule has 0 fully saturated rings. The van der Waals surface area contributed by atoms with Crippen molar-refractivity contribution in [2.24, 2.45) is 0 Å². The fraction of sp³-hybridized carbons (Fsp3) is 0.111. The van der Waals surface area contributed by atoms with E-state index in [2.05, 4.69) is 12.6 Å². The molecule has 0 aliphatic carbocycles. The van der Waals surface area contributed by atoms with Gasteiger partial charge < -0.3 is 9.84 Å². The van der Waals surface area contributed by atoms with Crippen LogP contribution in [0.25, 0.3) is 0 Å². The molecule has 74 valence electrons. The van der Waals surface area contributed by atoms with Gasteiger partial charge in [0.1, 0.15) is 5.75 Å². The molecule has 0 heterocycles. The molecule has 1 rings (SSSR count). The second-order valence-corrected chi connectivity index (χ2v) is 2.78. The van der Waals surface area contributed by atoms with Crippen LogP contribution in [0.5, 0.6) is 5.75 Å². The summed E-state index contributed by atoms with van der Waals surface area (Å²) in [5.41, 5.74) is 0.149. The monoisotopic (exact) mass is 212 g/mol. The number of thiol groups is 1. The van der Waals surface area contributed by atoms with Crippen molar-refractivity contribution in [3.63, 3.8) is 0 Å². The summed E-state index contributed by atoms with van der Waals surface area (Å²) in [7, 11) is 0. The van der Waals surface area contributed by atoms with Crippen molar-refractivity contribution in [3.05, 3.63) is 29.8 Å². The standard InChI is InChI=1S/C9H8O4S/c10-8(5-14)13-7-3-1-6(2-4-7)9(11)12/h1-4,14H,5H2,(H,11,12). The summed E-state index contributed by atoms with van der Waals surface area (Å²) >= 11 is 3.73. The number of benzene rings is 1. The molecule has 5 heteroatoms. The maximum absolute atomic E-state index is 10.8. The van der Waals surface area contributed by atoms with Gasteiger partial charge in [0.2, 0.25) is 0 Å². The van der Waals surface area contributed by atoms with Gasteiger partial charge in [-0.3, -0.25) is 4.79 Å². The van der Waals surface area contributed by atoms with E-state index in [0.717, 1.165) is 0 Å². The zero-order chi connectivity index (χ0) is 10.6. The van der Waals surface area contributed by atoms with Gasteiger partial charge in [-0.05, 0) is 24.3 Å². The molecule has 0 atom stereocenters. The van der Waals surface area contributed by atoms with E-state index in [1.807, 2.05) is 0 Å². The number of carbonyl (C=O) groups excluding carboxylic acids is 1. The Morgan fingerprint density at radius 2 is 1.86 bits per heavy atom. The Morgan fingerprint density at radius 3 is 2.29 bits per heavy atom. The number of aromatic carboxylic acids is 1. The molecule has 0 unspecified atom stereocenters. The van der Waals surface area contributed by atoms with E-state index in [4.69, 9.17) is 9.84 Å². The summed E-state index contributed by atoms with van der Waals surface area (Å²) in [5, 5.41) is 8.58. The van der Waals surface area contributed by atoms with Crippen molar-refractivity contribution in [2.45, 2.75) is 0 Å². The summed E-state index contributed by atoms with van der Waals surface area (Å²) in [6.45, 7) is 0. The van der Waals surface area contributed by atoms with E-state index in [9.17, 15) is 9.59 Å². The van der Waals surface area contributed by atoms with Crippen molar-refractivity contribution < 1.29 is 19.4 Å². The minimum atomic E-state index is -1.02. The van der Waals surface area contributed by atoms with Crippen LogP contribution >= 0.6 is 12.6 Å². The zero-order valence-corrected chi connectivity index (χ0v) is 8.03. The minimum absolute atomic E-state index is 0.0132. The summed E-state index contributed by atoms with van der Waals surface area (Å²) in [6.07, 6.45) is 0. The van der Waals surface area contributed by atoms with Crippen LogP contribution in [-0.2, 0) is 4.79 Å². The highest BCUT2D eigenvalue weighted by Gasteiger charge is 2.04. The average Bonchev–Trinajstić information content (AvgIpc) is 2.18. The van der Waals surface area contributed by atoms with Crippen LogP contribution in [0, 0.1) is 0 Å².